The van der Waals surface area contributed by atoms with Crippen LogP contribution >= 0.6 is 0 Å². The smallest absolute Gasteiger partial charge is 0.279 e. The van der Waals surface area contributed by atoms with Crippen LogP contribution in [0.1, 0.15) is 10.6 Å². The molecule has 2 atom stereocenters. The third-order valence-corrected chi connectivity index (χ3v) is 4.12. The number of imide groups is 1. The fraction of sp³-hybridized carbons (Fsp3) is 0.125. The first-order valence-corrected chi connectivity index (χ1v) is 7.45. The average Bonchev–Trinajstić information content (AvgIpc) is 3.34. The van der Waals surface area contributed by atoms with Crippen LogP contribution in [-0.4, -0.2) is 34.6 Å². The van der Waals surface area contributed by atoms with Crippen molar-refractivity contribution < 1.29 is 28.8 Å². The maximum absolute atomic E-state index is 12.8. The Bertz CT molecular complexity index is 935. The van der Waals surface area contributed by atoms with Crippen LogP contribution in [0.2, 0.25) is 0 Å². The summed E-state index contributed by atoms with van der Waals surface area (Å²) in [5.74, 6) is -3.56. The molecule has 26 heavy (non-hydrogen) atoms. The lowest BCUT2D eigenvalue weighted by Crippen LogP contribution is -2.35. The van der Waals surface area contributed by atoms with Crippen molar-refractivity contribution in [3.8, 4) is 0 Å². The topological polar surface area (TPSA) is 136 Å². The number of oxime groups is 1. The fourth-order valence-electron chi connectivity index (χ4n) is 2.95. The van der Waals surface area contributed by atoms with E-state index in [4.69, 9.17) is 9.25 Å². The van der Waals surface area contributed by atoms with E-state index >= 15 is 0 Å². The summed E-state index contributed by atoms with van der Waals surface area (Å²) in [4.78, 5) is 43.6. The van der Waals surface area contributed by atoms with Crippen molar-refractivity contribution in [2.45, 2.75) is 6.10 Å². The third-order valence-electron chi connectivity index (χ3n) is 4.12. The maximum Gasteiger partial charge on any atom is 0.279 e. The number of furan rings is 1. The van der Waals surface area contributed by atoms with Gasteiger partial charge in [0.15, 0.2) is 5.76 Å². The Morgan fingerprint density at radius 1 is 1.19 bits per heavy atom. The molecule has 2 amide bonds. The molecular weight excluding hydrogens is 346 g/mol. The molecule has 1 aromatic carbocycles. The van der Waals surface area contributed by atoms with Gasteiger partial charge in [-0.05, 0) is 24.3 Å². The van der Waals surface area contributed by atoms with Gasteiger partial charge in [-0.1, -0.05) is 17.3 Å². The Labute approximate surface area is 145 Å². The Hall–Kier alpha value is -3.50. The minimum Gasteiger partial charge on any atom is -0.733 e. The molecule has 1 fully saturated rings. The van der Waals surface area contributed by atoms with E-state index in [2.05, 4.69) is 5.16 Å². The first-order chi connectivity index (χ1) is 12.5. The zero-order valence-electron chi connectivity index (χ0n) is 12.9. The molecule has 3 heterocycles. The number of rotatable bonds is 4. The SMILES string of the molecule is O=C(C1=NO[C@H]2C(=O)N(c3ccccc3N([O-])O)C(=O)[C@@H]12)c1ccco1. The van der Waals surface area contributed by atoms with Crippen LogP contribution < -0.4 is 10.1 Å². The number of carbonyl (C=O) groups is 3. The van der Waals surface area contributed by atoms with E-state index < -0.39 is 34.8 Å². The highest BCUT2D eigenvalue weighted by Crippen LogP contribution is 2.38. The van der Waals surface area contributed by atoms with E-state index in [1.807, 2.05) is 0 Å². The van der Waals surface area contributed by atoms with Crippen LogP contribution in [0.3, 0.4) is 0 Å². The van der Waals surface area contributed by atoms with Gasteiger partial charge in [0, 0.05) is 0 Å². The van der Waals surface area contributed by atoms with Crippen molar-refractivity contribution in [2.24, 2.45) is 11.1 Å². The normalized spacial score (nSPS) is 21.5. The predicted molar refractivity (Wildman–Crippen MR) is 85.4 cm³/mol. The Kier molecular flexibility index (Phi) is 3.56. The molecule has 0 unspecified atom stereocenters. The summed E-state index contributed by atoms with van der Waals surface area (Å²) < 4.78 is 5.00. The highest BCUT2D eigenvalue weighted by atomic mass is 16.8. The van der Waals surface area contributed by atoms with Crippen LogP contribution in [0, 0.1) is 11.1 Å². The van der Waals surface area contributed by atoms with Crippen molar-refractivity contribution in [1.29, 1.82) is 0 Å². The summed E-state index contributed by atoms with van der Waals surface area (Å²) in [6.45, 7) is 0. The van der Waals surface area contributed by atoms with E-state index in [1.54, 1.807) is 0 Å². The van der Waals surface area contributed by atoms with Crippen molar-refractivity contribution in [3.63, 3.8) is 0 Å². The number of ketones is 1. The summed E-state index contributed by atoms with van der Waals surface area (Å²) in [5.41, 5.74) is -0.681. The van der Waals surface area contributed by atoms with Crippen LogP contribution in [0.15, 0.2) is 52.2 Å². The van der Waals surface area contributed by atoms with Gasteiger partial charge in [-0.3, -0.25) is 19.6 Å². The third kappa shape index (κ3) is 2.20. The average molecular weight is 356 g/mol. The van der Waals surface area contributed by atoms with Crippen molar-refractivity contribution in [2.75, 3.05) is 10.1 Å². The van der Waals surface area contributed by atoms with Gasteiger partial charge in [0.25, 0.3) is 5.91 Å². The molecule has 0 radical (unpaired) electrons. The number of anilines is 2. The van der Waals surface area contributed by atoms with E-state index in [0.717, 1.165) is 0 Å². The molecule has 2 aliphatic rings. The van der Waals surface area contributed by atoms with Gasteiger partial charge in [0.2, 0.25) is 17.8 Å². The lowest BCUT2D eigenvalue weighted by Gasteiger charge is -2.27. The first-order valence-electron chi connectivity index (χ1n) is 7.45. The van der Waals surface area contributed by atoms with Gasteiger partial charge >= 0.3 is 0 Å². The maximum atomic E-state index is 12.8. The van der Waals surface area contributed by atoms with Crippen LogP contribution in [0.5, 0.6) is 0 Å². The largest absolute Gasteiger partial charge is 0.733 e. The first kappa shape index (κ1) is 16.0. The number of fused-ring (bicyclic) bond motifs is 1. The standard InChI is InChI=1S/C16H10N3O7/c20-13(10-6-3-7-25-10)12-11-14(26-17-12)16(22)18(15(11)21)8-4-1-2-5-9(8)19(23)24/h1-7,11,14,23H/q-1/t11-,14+/m0/s1. The van der Waals surface area contributed by atoms with Gasteiger partial charge in [-0.25, -0.2) is 4.90 Å². The second kappa shape index (κ2) is 5.79. The van der Waals surface area contributed by atoms with Gasteiger partial charge in [-0.15, -0.1) is 0 Å². The molecule has 1 N–H and O–H groups in total. The lowest BCUT2D eigenvalue weighted by atomic mass is 9.96. The highest BCUT2D eigenvalue weighted by Gasteiger charge is 2.58. The monoisotopic (exact) mass is 356 g/mol. The van der Waals surface area contributed by atoms with Gasteiger partial charge in [0.05, 0.1) is 17.6 Å². The van der Waals surface area contributed by atoms with Crippen LogP contribution in [0.4, 0.5) is 11.4 Å². The molecule has 132 valence electrons. The minimum absolute atomic E-state index is 0.0480. The molecular formula is C16H10N3O7-. The minimum atomic E-state index is -1.32. The second-order valence-electron chi connectivity index (χ2n) is 5.56. The van der Waals surface area contributed by atoms with Gasteiger partial charge < -0.3 is 19.7 Å². The number of benzene rings is 1. The Morgan fingerprint density at radius 3 is 2.65 bits per heavy atom. The summed E-state index contributed by atoms with van der Waals surface area (Å²) in [5, 5.41) is 23.7. The molecule has 0 bridgehead atoms. The Morgan fingerprint density at radius 2 is 1.96 bits per heavy atom. The van der Waals surface area contributed by atoms with Gasteiger partial charge in [-0.2, -0.15) is 0 Å². The molecule has 10 heteroatoms. The quantitative estimate of drug-likeness (QED) is 0.489. The van der Waals surface area contributed by atoms with E-state index in [0.29, 0.717) is 4.90 Å². The summed E-state index contributed by atoms with van der Waals surface area (Å²) in [7, 11) is 0. The molecule has 2 aromatic rings. The Balaban J connectivity index is 1.71. The molecule has 4 rings (SSSR count). The zero-order chi connectivity index (χ0) is 18.4. The van der Waals surface area contributed by atoms with Crippen molar-refractivity contribution >= 4 is 34.7 Å². The molecule has 10 nitrogen and oxygen atoms in total. The number of hydrogen-bond donors (Lipinski definition) is 1. The van der Waals surface area contributed by atoms with Gasteiger partial charge in [0.1, 0.15) is 11.6 Å². The van der Waals surface area contributed by atoms with E-state index in [1.165, 1.54) is 42.7 Å². The number of Topliss-reactive ketones (excluding diaryl/α,β-unsaturated/α-hetero) is 1. The lowest BCUT2D eigenvalue weighted by molar-refractivity contribution is -0.126. The molecule has 0 saturated carbocycles. The zero-order valence-corrected chi connectivity index (χ0v) is 12.9. The van der Waals surface area contributed by atoms with Crippen LogP contribution in [-0.2, 0) is 14.4 Å². The highest BCUT2D eigenvalue weighted by molar-refractivity contribution is 6.52. The number of amides is 2. The van der Waals surface area contributed by atoms with Crippen LogP contribution in [0.25, 0.3) is 0 Å². The molecule has 2 aliphatic heterocycles. The number of hydrogen-bond acceptors (Lipinski definition) is 9. The summed E-state index contributed by atoms with van der Waals surface area (Å²) >= 11 is 0. The number of nitrogens with zero attached hydrogens (tertiary/aromatic N) is 3. The predicted octanol–water partition coefficient (Wildman–Crippen LogP) is 1.10. The number of carbonyl (C=O) groups excluding carboxylic acids is 3. The summed E-state index contributed by atoms with van der Waals surface area (Å²) in [6, 6.07) is 8.39. The fourth-order valence-corrected chi connectivity index (χ4v) is 2.95. The molecule has 0 aliphatic carbocycles. The number of para-hydroxylation sites is 2. The summed E-state index contributed by atoms with van der Waals surface area (Å²) in [6.07, 6.45) is -0.0294. The van der Waals surface area contributed by atoms with Crippen molar-refractivity contribution in [1.82, 2.24) is 0 Å². The molecule has 0 spiro atoms. The van der Waals surface area contributed by atoms with Crippen molar-refractivity contribution in [3.05, 3.63) is 53.6 Å². The van der Waals surface area contributed by atoms with E-state index in [9.17, 15) is 24.8 Å². The van der Waals surface area contributed by atoms with E-state index in [-0.39, 0.29) is 22.8 Å². The second-order valence-corrected chi connectivity index (χ2v) is 5.56. The molecule has 1 aromatic heterocycles. The molecule has 1 saturated heterocycles.